The summed E-state index contributed by atoms with van der Waals surface area (Å²) >= 11 is 3.41. The van der Waals surface area contributed by atoms with Crippen LogP contribution < -0.4 is 4.74 Å². The van der Waals surface area contributed by atoms with Gasteiger partial charge in [0, 0.05) is 38.4 Å². The number of alkyl halides is 1. The molecular weight excluding hydrogens is 434 g/mol. The molecule has 5 nitrogen and oxygen atoms in total. The van der Waals surface area contributed by atoms with Crippen molar-refractivity contribution < 1.29 is 14.5 Å². The number of hydrogen-bond acceptors (Lipinski definition) is 4. The Morgan fingerprint density at radius 3 is 2.07 bits per heavy atom. The molecule has 3 aromatic rings. The van der Waals surface area contributed by atoms with Crippen LogP contribution in [0.25, 0.3) is 0 Å². The molecule has 148 valence electrons. The second-order valence-corrected chi connectivity index (χ2v) is 7.82. The molecule has 0 fully saturated rings. The van der Waals surface area contributed by atoms with Crippen molar-refractivity contribution >= 4 is 21.7 Å². The van der Waals surface area contributed by atoms with Gasteiger partial charge in [0.25, 0.3) is 0 Å². The molecule has 0 saturated carbocycles. The monoisotopic (exact) mass is 453 g/mol. The summed E-state index contributed by atoms with van der Waals surface area (Å²) in [5.74, 6) is -0.246. The number of nitro groups is 1. The summed E-state index contributed by atoms with van der Waals surface area (Å²) in [6.45, 7) is 0. The van der Waals surface area contributed by atoms with Gasteiger partial charge < -0.3 is 4.74 Å². The van der Waals surface area contributed by atoms with Crippen molar-refractivity contribution in [3.63, 3.8) is 0 Å². The molecule has 0 radical (unpaired) electrons. The Hall–Kier alpha value is -2.99. The van der Waals surface area contributed by atoms with Crippen molar-refractivity contribution in [2.24, 2.45) is 0 Å². The van der Waals surface area contributed by atoms with Gasteiger partial charge in [0.15, 0.2) is 5.78 Å². The van der Waals surface area contributed by atoms with E-state index < -0.39 is 10.4 Å². The van der Waals surface area contributed by atoms with E-state index in [0.29, 0.717) is 22.4 Å². The Morgan fingerprint density at radius 1 is 1.00 bits per heavy atom. The summed E-state index contributed by atoms with van der Waals surface area (Å²) in [6.07, 6.45) is -0.0303. The predicted octanol–water partition coefficient (Wildman–Crippen LogP) is 5.58. The molecule has 0 heterocycles. The second kappa shape index (κ2) is 9.01. The number of carbonyl (C=O) groups excluding carboxylic acids is 1. The molecular formula is C23H20BrNO4. The topological polar surface area (TPSA) is 69.4 Å². The maximum atomic E-state index is 13.0. The zero-order valence-corrected chi connectivity index (χ0v) is 17.4. The first-order valence-corrected chi connectivity index (χ1v) is 9.87. The second-order valence-electron chi connectivity index (χ2n) is 6.62. The molecule has 3 rings (SSSR count). The van der Waals surface area contributed by atoms with Gasteiger partial charge >= 0.3 is 4.45 Å². The molecule has 3 aromatic carbocycles. The fraction of sp³-hybridized carbons (Fsp3) is 0.174. The smallest absolute Gasteiger partial charge is 0.306 e. The Kier molecular flexibility index (Phi) is 6.44. The molecule has 0 amide bonds. The number of halogens is 1. The normalized spacial score (nSPS) is 13.9. The third-order valence-electron chi connectivity index (χ3n) is 4.91. The number of ether oxygens (including phenoxy) is 1. The van der Waals surface area contributed by atoms with Gasteiger partial charge in [0.1, 0.15) is 5.75 Å². The Bertz CT molecular complexity index is 977. The van der Waals surface area contributed by atoms with Crippen LogP contribution in [0.4, 0.5) is 0 Å². The molecule has 0 unspecified atom stereocenters. The summed E-state index contributed by atoms with van der Waals surface area (Å²) in [5, 5.41) is 12.3. The van der Waals surface area contributed by atoms with Crippen molar-refractivity contribution in [2.45, 2.75) is 16.8 Å². The van der Waals surface area contributed by atoms with Crippen molar-refractivity contribution in [2.75, 3.05) is 7.11 Å². The lowest BCUT2D eigenvalue weighted by Gasteiger charge is -2.29. The standard InChI is InChI=1S/C23H20BrNO4/c1-29-20-14-12-18(13-15-20)22(26)16-21(17-8-4-2-5-9-17)23(24,25(27)28)19-10-6-3-7-11-19/h2-15,21H,16H2,1H3/t21-,23+/m1/s1. The maximum absolute atomic E-state index is 13.0. The van der Waals surface area contributed by atoms with E-state index in [9.17, 15) is 14.9 Å². The van der Waals surface area contributed by atoms with Crippen LogP contribution in [-0.4, -0.2) is 17.8 Å². The highest BCUT2D eigenvalue weighted by atomic mass is 79.9. The zero-order chi connectivity index (χ0) is 20.9. The third kappa shape index (κ3) is 4.38. The van der Waals surface area contributed by atoms with Gasteiger partial charge in [-0.3, -0.25) is 14.9 Å². The van der Waals surface area contributed by atoms with Gasteiger partial charge in [-0.05, 0) is 29.8 Å². The number of nitrogens with zero attached hydrogens (tertiary/aromatic N) is 1. The molecule has 0 saturated heterocycles. The van der Waals surface area contributed by atoms with Crippen molar-refractivity contribution in [1.82, 2.24) is 0 Å². The fourth-order valence-corrected chi connectivity index (χ4v) is 4.04. The van der Waals surface area contributed by atoms with Crippen LogP contribution in [-0.2, 0) is 4.45 Å². The molecule has 0 aliphatic carbocycles. The molecule has 0 aromatic heterocycles. The first kappa shape index (κ1) is 20.7. The minimum absolute atomic E-state index is 0.0303. The molecule has 29 heavy (non-hydrogen) atoms. The van der Waals surface area contributed by atoms with Gasteiger partial charge in [-0.25, -0.2) is 0 Å². The average Bonchev–Trinajstić information content (AvgIpc) is 2.78. The molecule has 6 heteroatoms. The lowest BCUT2D eigenvalue weighted by molar-refractivity contribution is -0.548. The largest absolute Gasteiger partial charge is 0.497 e. The molecule has 2 atom stereocenters. The first-order valence-electron chi connectivity index (χ1n) is 9.08. The van der Waals surface area contributed by atoms with Crippen LogP contribution in [0.1, 0.15) is 33.8 Å². The van der Waals surface area contributed by atoms with Crippen molar-refractivity contribution in [1.29, 1.82) is 0 Å². The van der Waals surface area contributed by atoms with E-state index in [2.05, 4.69) is 15.9 Å². The van der Waals surface area contributed by atoms with E-state index in [4.69, 9.17) is 4.74 Å². The summed E-state index contributed by atoms with van der Waals surface area (Å²) in [6, 6.07) is 24.6. The van der Waals surface area contributed by atoms with Gasteiger partial charge in [0.05, 0.1) is 13.0 Å². The van der Waals surface area contributed by atoms with Gasteiger partial charge in [-0.2, -0.15) is 0 Å². The Balaban J connectivity index is 2.04. The average molecular weight is 454 g/mol. The van der Waals surface area contributed by atoms with Crippen LogP contribution in [0.5, 0.6) is 5.75 Å². The van der Waals surface area contributed by atoms with E-state index in [1.54, 1.807) is 61.7 Å². The van der Waals surface area contributed by atoms with Crippen molar-refractivity contribution in [3.05, 3.63) is 112 Å². The number of benzene rings is 3. The Labute approximate surface area is 177 Å². The number of ketones is 1. The maximum Gasteiger partial charge on any atom is 0.306 e. The third-order valence-corrected chi connectivity index (χ3v) is 6.21. The summed E-state index contributed by atoms with van der Waals surface area (Å²) in [7, 11) is 1.55. The number of methoxy groups -OCH3 is 1. The van der Waals surface area contributed by atoms with Crippen LogP contribution in [0.3, 0.4) is 0 Å². The highest BCUT2D eigenvalue weighted by Crippen LogP contribution is 2.47. The molecule has 0 aliphatic rings. The van der Waals surface area contributed by atoms with Crippen LogP contribution in [0.15, 0.2) is 84.9 Å². The fourth-order valence-electron chi connectivity index (χ4n) is 3.35. The van der Waals surface area contributed by atoms with Crippen LogP contribution in [0.2, 0.25) is 0 Å². The van der Waals surface area contributed by atoms with Crippen molar-refractivity contribution in [3.8, 4) is 5.75 Å². The number of carbonyl (C=O) groups is 1. The van der Waals surface area contributed by atoms with Gasteiger partial charge in [-0.15, -0.1) is 0 Å². The van der Waals surface area contributed by atoms with Gasteiger partial charge in [-0.1, -0.05) is 60.7 Å². The lowest BCUT2D eigenvalue weighted by Crippen LogP contribution is -2.37. The van der Waals surface area contributed by atoms with E-state index >= 15 is 0 Å². The van der Waals surface area contributed by atoms with E-state index in [0.717, 1.165) is 0 Å². The molecule has 0 spiro atoms. The molecule has 0 N–H and O–H groups in total. The number of rotatable bonds is 8. The SMILES string of the molecule is COc1ccc(C(=O)C[C@H](c2ccccc2)[C@](Br)(c2ccccc2)[N+](=O)[O-])cc1. The van der Waals surface area contributed by atoms with Crippen LogP contribution >= 0.6 is 15.9 Å². The minimum Gasteiger partial charge on any atom is -0.497 e. The highest BCUT2D eigenvalue weighted by molar-refractivity contribution is 9.09. The summed E-state index contributed by atoms with van der Waals surface area (Å²) < 4.78 is 3.49. The zero-order valence-electron chi connectivity index (χ0n) is 15.8. The summed E-state index contributed by atoms with van der Waals surface area (Å²) in [5.41, 5.74) is 1.69. The quantitative estimate of drug-likeness (QED) is 0.147. The first-order chi connectivity index (χ1) is 14.0. The number of Topliss-reactive ketones (excluding diaryl/α,β-unsaturated/α-hetero) is 1. The van der Waals surface area contributed by atoms with E-state index in [-0.39, 0.29) is 17.1 Å². The van der Waals surface area contributed by atoms with Crippen LogP contribution in [0, 0.1) is 10.1 Å². The molecule has 0 aliphatic heterocycles. The van der Waals surface area contributed by atoms with Gasteiger partial charge in [0.2, 0.25) is 0 Å². The highest BCUT2D eigenvalue weighted by Gasteiger charge is 2.51. The van der Waals surface area contributed by atoms with E-state index in [1.807, 2.05) is 30.3 Å². The number of hydrogen-bond donors (Lipinski definition) is 0. The minimum atomic E-state index is -1.64. The Morgan fingerprint density at radius 2 is 1.55 bits per heavy atom. The lowest BCUT2D eigenvalue weighted by atomic mass is 9.82. The predicted molar refractivity (Wildman–Crippen MR) is 115 cm³/mol. The van der Waals surface area contributed by atoms with E-state index in [1.165, 1.54) is 0 Å². The summed E-state index contributed by atoms with van der Waals surface area (Å²) in [4.78, 5) is 25.0. The molecule has 0 bridgehead atoms.